The number of anilines is 1. The van der Waals surface area contributed by atoms with Crippen LogP contribution in [0, 0.1) is 5.92 Å². The van der Waals surface area contributed by atoms with Crippen LogP contribution in [0.4, 0.5) is 5.69 Å². The molecule has 1 aliphatic heterocycles. The van der Waals surface area contributed by atoms with Gasteiger partial charge in [0.15, 0.2) is 0 Å². The van der Waals surface area contributed by atoms with Crippen molar-refractivity contribution in [1.82, 2.24) is 4.98 Å². The number of aliphatic hydroxyl groups excluding tert-OH is 1. The summed E-state index contributed by atoms with van der Waals surface area (Å²) < 4.78 is 10.6. The molecule has 5 rings (SSSR count). The van der Waals surface area contributed by atoms with Crippen LogP contribution in [0.25, 0.3) is 17.2 Å². The van der Waals surface area contributed by atoms with Crippen LogP contribution in [-0.4, -0.2) is 34.9 Å². The van der Waals surface area contributed by atoms with Crippen molar-refractivity contribution in [1.29, 1.82) is 0 Å². The van der Waals surface area contributed by atoms with Crippen molar-refractivity contribution in [3.63, 3.8) is 0 Å². The van der Waals surface area contributed by atoms with Gasteiger partial charge < -0.3 is 14.3 Å². The highest BCUT2D eigenvalue weighted by Crippen LogP contribution is 2.41. The summed E-state index contributed by atoms with van der Waals surface area (Å²) in [5, 5.41) is 11.2. The van der Waals surface area contributed by atoms with Gasteiger partial charge in [-0.15, -0.1) is 0 Å². The molecule has 34 heavy (non-hydrogen) atoms. The number of carbonyl (C=O) groups excluding carboxylic acids is 2. The van der Waals surface area contributed by atoms with Gasteiger partial charge in [0.05, 0.1) is 24.9 Å². The monoisotopic (exact) mass is 458 g/mol. The minimum Gasteiger partial charge on any atom is -0.507 e. The molecule has 1 saturated heterocycles. The summed E-state index contributed by atoms with van der Waals surface area (Å²) in [6, 6.07) is 13.6. The van der Waals surface area contributed by atoms with E-state index in [-0.39, 0.29) is 17.3 Å². The molecule has 174 valence electrons. The molecular weight excluding hydrogens is 432 g/mol. The minimum atomic E-state index is -0.652. The summed E-state index contributed by atoms with van der Waals surface area (Å²) >= 11 is 0. The Balaban J connectivity index is 1.58. The van der Waals surface area contributed by atoms with Crippen LogP contribution in [0.15, 0.2) is 71.0 Å². The number of methoxy groups -OCH3 is 1. The number of oxazole rings is 1. The van der Waals surface area contributed by atoms with Crippen molar-refractivity contribution >= 4 is 23.1 Å². The van der Waals surface area contributed by atoms with Crippen molar-refractivity contribution < 1.29 is 23.8 Å². The number of aromatic nitrogens is 1. The summed E-state index contributed by atoms with van der Waals surface area (Å²) in [5.74, 6) is -0.194. The fourth-order valence-electron chi connectivity index (χ4n) is 5.07. The molecule has 0 bridgehead atoms. The lowest BCUT2D eigenvalue weighted by Crippen LogP contribution is -2.40. The predicted molar refractivity (Wildman–Crippen MR) is 127 cm³/mol. The molecule has 1 aromatic heterocycles. The standard InChI is InChI=1S/C27H26N2O5/c1-33-21-13-9-18(10-14-21)24(30)22-23(17-5-3-2-4-6-17)29(27(32)25(22)31)20-11-7-19(8-12-20)26-28-15-16-34-26/h7-17,23,30H,2-6H2,1H3/b24-22-. The van der Waals surface area contributed by atoms with Crippen LogP contribution in [0.1, 0.15) is 37.7 Å². The van der Waals surface area contributed by atoms with Gasteiger partial charge in [-0.2, -0.15) is 0 Å². The molecule has 1 amide bonds. The van der Waals surface area contributed by atoms with E-state index in [0.717, 1.165) is 37.7 Å². The lowest BCUT2D eigenvalue weighted by atomic mass is 9.80. The fourth-order valence-corrected chi connectivity index (χ4v) is 5.07. The van der Waals surface area contributed by atoms with Crippen LogP contribution >= 0.6 is 0 Å². The number of Topliss-reactive ketones (excluding diaryl/α,β-unsaturated/α-hetero) is 1. The first-order valence-electron chi connectivity index (χ1n) is 11.5. The largest absolute Gasteiger partial charge is 0.507 e. The number of benzene rings is 2. The predicted octanol–water partition coefficient (Wildman–Crippen LogP) is 5.18. The highest BCUT2D eigenvalue weighted by molar-refractivity contribution is 6.51. The summed E-state index contributed by atoms with van der Waals surface area (Å²) in [6.45, 7) is 0. The number of aliphatic hydroxyl groups is 1. The zero-order valence-corrected chi connectivity index (χ0v) is 18.9. The molecule has 2 aliphatic rings. The van der Waals surface area contributed by atoms with E-state index < -0.39 is 17.7 Å². The average molecular weight is 459 g/mol. The maximum atomic E-state index is 13.3. The Bertz CT molecular complexity index is 1210. The SMILES string of the molecule is COc1ccc(/C(O)=C2/C(=O)C(=O)N(c3ccc(-c4ncco4)cc3)C2C2CCCCC2)cc1. The van der Waals surface area contributed by atoms with E-state index in [4.69, 9.17) is 9.15 Å². The van der Waals surface area contributed by atoms with Crippen LogP contribution in [-0.2, 0) is 9.59 Å². The van der Waals surface area contributed by atoms with Crippen LogP contribution in [0.5, 0.6) is 5.75 Å². The molecular formula is C27H26N2O5. The maximum Gasteiger partial charge on any atom is 0.299 e. The number of amides is 1. The van der Waals surface area contributed by atoms with Crippen LogP contribution in [0.3, 0.4) is 0 Å². The van der Waals surface area contributed by atoms with E-state index in [1.54, 1.807) is 54.6 Å². The van der Waals surface area contributed by atoms with Crippen molar-refractivity contribution in [3.8, 4) is 17.2 Å². The second-order valence-corrected chi connectivity index (χ2v) is 8.72. The molecule has 1 aliphatic carbocycles. The molecule has 1 atom stereocenters. The van der Waals surface area contributed by atoms with Gasteiger partial charge in [0.1, 0.15) is 17.8 Å². The van der Waals surface area contributed by atoms with Crippen molar-refractivity contribution in [2.24, 2.45) is 5.92 Å². The van der Waals surface area contributed by atoms with Crippen molar-refractivity contribution in [2.75, 3.05) is 12.0 Å². The van der Waals surface area contributed by atoms with Crippen LogP contribution in [0.2, 0.25) is 0 Å². The quantitative estimate of drug-likeness (QED) is 0.322. The molecule has 2 aromatic carbocycles. The Labute approximate surface area is 197 Å². The van der Waals surface area contributed by atoms with E-state index in [1.165, 1.54) is 6.26 Å². The van der Waals surface area contributed by atoms with E-state index in [0.29, 0.717) is 22.9 Å². The van der Waals surface area contributed by atoms with Crippen LogP contribution < -0.4 is 9.64 Å². The van der Waals surface area contributed by atoms with Crippen molar-refractivity contribution in [2.45, 2.75) is 38.1 Å². The van der Waals surface area contributed by atoms with E-state index >= 15 is 0 Å². The molecule has 2 fully saturated rings. The molecule has 3 aromatic rings. The Hall–Kier alpha value is -3.87. The number of carbonyl (C=O) groups is 2. The number of hydrogen-bond acceptors (Lipinski definition) is 6. The second-order valence-electron chi connectivity index (χ2n) is 8.72. The van der Waals surface area contributed by atoms with Gasteiger partial charge in [-0.25, -0.2) is 4.98 Å². The Kier molecular flexibility index (Phi) is 5.92. The molecule has 7 heteroatoms. The zero-order valence-electron chi connectivity index (χ0n) is 18.9. The molecule has 0 spiro atoms. The Morgan fingerprint density at radius 3 is 2.35 bits per heavy atom. The summed E-state index contributed by atoms with van der Waals surface area (Å²) in [7, 11) is 1.57. The van der Waals surface area contributed by atoms with Gasteiger partial charge in [0, 0.05) is 16.8 Å². The highest BCUT2D eigenvalue weighted by Gasteiger charge is 2.49. The van der Waals surface area contributed by atoms with Gasteiger partial charge in [0.2, 0.25) is 5.89 Å². The molecule has 1 saturated carbocycles. The number of hydrogen-bond donors (Lipinski definition) is 1. The van der Waals surface area contributed by atoms with E-state index in [9.17, 15) is 14.7 Å². The Morgan fingerprint density at radius 2 is 1.74 bits per heavy atom. The zero-order chi connectivity index (χ0) is 23.7. The topological polar surface area (TPSA) is 92.9 Å². The molecule has 2 heterocycles. The third-order valence-corrected chi connectivity index (χ3v) is 6.77. The number of rotatable bonds is 5. The first-order valence-corrected chi connectivity index (χ1v) is 11.5. The highest BCUT2D eigenvalue weighted by atomic mass is 16.5. The average Bonchev–Trinajstić information content (AvgIpc) is 3.52. The fraction of sp³-hybridized carbons (Fsp3) is 0.296. The second kappa shape index (κ2) is 9.17. The summed E-state index contributed by atoms with van der Waals surface area (Å²) in [4.78, 5) is 32.3. The lowest BCUT2D eigenvalue weighted by Gasteiger charge is -2.34. The smallest absolute Gasteiger partial charge is 0.299 e. The van der Waals surface area contributed by atoms with E-state index in [1.807, 2.05) is 12.1 Å². The van der Waals surface area contributed by atoms with Gasteiger partial charge in [-0.3, -0.25) is 14.5 Å². The summed E-state index contributed by atoms with van der Waals surface area (Å²) in [5.41, 5.74) is 2.05. The van der Waals surface area contributed by atoms with Crippen molar-refractivity contribution in [3.05, 3.63) is 72.1 Å². The molecule has 1 unspecified atom stereocenters. The third kappa shape index (κ3) is 3.87. The first-order chi connectivity index (χ1) is 16.6. The van der Waals surface area contributed by atoms with Gasteiger partial charge in [0.25, 0.3) is 11.7 Å². The maximum absolute atomic E-state index is 13.3. The first kappa shape index (κ1) is 21.9. The molecule has 1 N–H and O–H groups in total. The minimum absolute atomic E-state index is 0.0889. The lowest BCUT2D eigenvalue weighted by molar-refractivity contribution is -0.132. The Morgan fingerprint density at radius 1 is 1.03 bits per heavy atom. The summed E-state index contributed by atoms with van der Waals surface area (Å²) in [6.07, 6.45) is 8.09. The number of ether oxygens (including phenoxy) is 1. The van der Waals surface area contributed by atoms with Gasteiger partial charge in [-0.05, 0) is 67.3 Å². The van der Waals surface area contributed by atoms with E-state index in [2.05, 4.69) is 4.98 Å². The number of nitrogens with zero attached hydrogens (tertiary/aromatic N) is 2. The normalized spacial score (nSPS) is 20.6. The molecule has 0 radical (unpaired) electrons. The van der Waals surface area contributed by atoms with Gasteiger partial charge >= 0.3 is 0 Å². The van der Waals surface area contributed by atoms with Gasteiger partial charge in [-0.1, -0.05) is 19.3 Å². The third-order valence-electron chi connectivity index (χ3n) is 6.77. The number of ketones is 1. The molecule has 7 nitrogen and oxygen atoms in total.